The SMILES string of the molecule is NC(=O)CCN(C(=O)c1cc2c(s1)-c1ccccc1CC2)c1ccccc1. The molecule has 0 bridgehead atoms. The van der Waals surface area contributed by atoms with Crippen molar-refractivity contribution in [2.75, 3.05) is 11.4 Å². The third-order valence-corrected chi connectivity index (χ3v) is 6.04. The summed E-state index contributed by atoms with van der Waals surface area (Å²) in [5.74, 6) is -0.498. The molecule has 1 aliphatic rings. The highest BCUT2D eigenvalue weighted by atomic mass is 32.1. The van der Waals surface area contributed by atoms with Gasteiger partial charge in [-0.1, -0.05) is 42.5 Å². The Hall–Kier alpha value is -2.92. The molecule has 0 saturated heterocycles. The summed E-state index contributed by atoms with van der Waals surface area (Å²) in [5.41, 5.74) is 9.88. The largest absolute Gasteiger partial charge is 0.370 e. The Kier molecular flexibility index (Phi) is 4.77. The maximum atomic E-state index is 13.3. The van der Waals surface area contributed by atoms with Crippen LogP contribution in [0.5, 0.6) is 0 Å². The molecule has 0 fully saturated rings. The van der Waals surface area contributed by atoms with Gasteiger partial charge in [-0.15, -0.1) is 11.3 Å². The first-order chi connectivity index (χ1) is 13.1. The van der Waals surface area contributed by atoms with Crippen LogP contribution in [0.15, 0.2) is 60.7 Å². The van der Waals surface area contributed by atoms with Gasteiger partial charge < -0.3 is 10.6 Å². The second kappa shape index (κ2) is 7.37. The molecule has 2 aromatic carbocycles. The average molecular weight is 376 g/mol. The molecule has 1 heterocycles. The van der Waals surface area contributed by atoms with Crippen molar-refractivity contribution in [1.29, 1.82) is 0 Å². The van der Waals surface area contributed by atoms with Gasteiger partial charge in [0.1, 0.15) is 0 Å². The average Bonchev–Trinajstić information content (AvgIpc) is 3.13. The number of hydrogen-bond donors (Lipinski definition) is 1. The van der Waals surface area contributed by atoms with E-state index in [4.69, 9.17) is 5.73 Å². The van der Waals surface area contributed by atoms with E-state index in [1.54, 1.807) is 4.90 Å². The van der Waals surface area contributed by atoms with Gasteiger partial charge in [-0.2, -0.15) is 0 Å². The van der Waals surface area contributed by atoms with E-state index < -0.39 is 5.91 Å². The molecule has 0 atom stereocenters. The van der Waals surface area contributed by atoms with Crippen LogP contribution in [0.25, 0.3) is 10.4 Å². The first kappa shape index (κ1) is 17.5. The minimum absolute atomic E-state index is 0.0840. The number of amides is 2. The van der Waals surface area contributed by atoms with Gasteiger partial charge >= 0.3 is 0 Å². The summed E-state index contributed by atoms with van der Waals surface area (Å²) in [6.07, 6.45) is 2.08. The monoisotopic (exact) mass is 376 g/mol. The zero-order chi connectivity index (χ0) is 18.8. The van der Waals surface area contributed by atoms with Crippen LogP contribution in [0.4, 0.5) is 5.69 Å². The van der Waals surface area contributed by atoms with Crippen LogP contribution in [-0.2, 0) is 17.6 Å². The number of aryl methyl sites for hydroxylation is 2. The highest BCUT2D eigenvalue weighted by molar-refractivity contribution is 7.17. The first-order valence-electron chi connectivity index (χ1n) is 8.99. The molecule has 4 nitrogen and oxygen atoms in total. The van der Waals surface area contributed by atoms with E-state index in [0.29, 0.717) is 4.88 Å². The third-order valence-electron chi connectivity index (χ3n) is 4.84. The van der Waals surface area contributed by atoms with Crippen molar-refractivity contribution >= 4 is 28.8 Å². The number of hydrogen-bond acceptors (Lipinski definition) is 3. The molecule has 3 aromatic rings. The Bertz CT molecular complexity index is 995. The number of carbonyl (C=O) groups is 2. The summed E-state index contributed by atoms with van der Waals surface area (Å²) in [7, 11) is 0. The number of thiophene rings is 1. The number of rotatable bonds is 5. The molecule has 5 heteroatoms. The Balaban J connectivity index is 1.69. The predicted molar refractivity (Wildman–Crippen MR) is 109 cm³/mol. The minimum Gasteiger partial charge on any atom is -0.370 e. The van der Waals surface area contributed by atoms with Crippen LogP contribution in [-0.4, -0.2) is 18.4 Å². The van der Waals surface area contributed by atoms with Crippen LogP contribution in [0.3, 0.4) is 0 Å². The van der Waals surface area contributed by atoms with E-state index in [0.717, 1.165) is 18.5 Å². The lowest BCUT2D eigenvalue weighted by Crippen LogP contribution is -2.33. The fourth-order valence-electron chi connectivity index (χ4n) is 3.49. The van der Waals surface area contributed by atoms with Gasteiger partial charge in [-0.25, -0.2) is 0 Å². The van der Waals surface area contributed by atoms with Crippen molar-refractivity contribution in [2.24, 2.45) is 5.73 Å². The van der Waals surface area contributed by atoms with E-state index in [2.05, 4.69) is 18.2 Å². The second-order valence-corrected chi connectivity index (χ2v) is 7.68. The van der Waals surface area contributed by atoms with E-state index in [9.17, 15) is 9.59 Å². The van der Waals surface area contributed by atoms with Crippen LogP contribution >= 0.6 is 11.3 Å². The summed E-state index contributed by atoms with van der Waals surface area (Å²) >= 11 is 1.54. The molecular weight excluding hydrogens is 356 g/mol. The van der Waals surface area contributed by atoms with Crippen molar-refractivity contribution in [1.82, 2.24) is 0 Å². The molecule has 2 N–H and O–H groups in total. The molecule has 1 aromatic heterocycles. The number of para-hydroxylation sites is 1. The van der Waals surface area contributed by atoms with Crippen molar-refractivity contribution in [3.63, 3.8) is 0 Å². The van der Waals surface area contributed by atoms with Gasteiger partial charge in [0.05, 0.1) is 4.88 Å². The topological polar surface area (TPSA) is 63.4 Å². The van der Waals surface area contributed by atoms with Gasteiger partial charge in [-0.05, 0) is 47.7 Å². The van der Waals surface area contributed by atoms with E-state index in [-0.39, 0.29) is 18.9 Å². The molecule has 1 aliphatic carbocycles. The fourth-order valence-corrected chi connectivity index (χ4v) is 4.71. The highest BCUT2D eigenvalue weighted by Crippen LogP contribution is 2.40. The molecular formula is C22H20N2O2S. The Morgan fingerprint density at radius 2 is 1.67 bits per heavy atom. The van der Waals surface area contributed by atoms with Gasteiger partial charge in [-0.3, -0.25) is 9.59 Å². The Morgan fingerprint density at radius 1 is 0.963 bits per heavy atom. The number of nitrogens with zero attached hydrogens (tertiary/aromatic N) is 1. The molecule has 0 spiro atoms. The van der Waals surface area contributed by atoms with Crippen LogP contribution in [0, 0.1) is 0 Å². The molecule has 0 saturated carbocycles. The minimum atomic E-state index is -0.414. The Morgan fingerprint density at radius 3 is 2.44 bits per heavy atom. The molecule has 27 heavy (non-hydrogen) atoms. The van der Waals surface area contributed by atoms with Crippen molar-refractivity contribution in [3.05, 3.63) is 76.7 Å². The van der Waals surface area contributed by atoms with E-state index in [1.165, 1.54) is 32.9 Å². The maximum absolute atomic E-state index is 13.3. The number of primary amides is 1. The normalized spacial score (nSPS) is 12.1. The quantitative estimate of drug-likeness (QED) is 0.730. The summed E-state index contributed by atoms with van der Waals surface area (Å²) in [5, 5.41) is 0. The van der Waals surface area contributed by atoms with E-state index in [1.807, 2.05) is 42.5 Å². The van der Waals surface area contributed by atoms with Gasteiger partial charge in [0.15, 0.2) is 0 Å². The highest BCUT2D eigenvalue weighted by Gasteiger charge is 2.25. The molecule has 2 amide bonds. The lowest BCUT2D eigenvalue weighted by Gasteiger charge is -2.21. The molecule has 4 rings (SSSR count). The standard InChI is InChI=1S/C22H20N2O2S/c23-20(25)12-13-24(17-7-2-1-3-8-17)22(26)19-14-16-11-10-15-6-4-5-9-18(15)21(16)27-19/h1-9,14H,10-13H2,(H2,23,25). The van der Waals surface area contributed by atoms with Crippen molar-refractivity contribution in [3.8, 4) is 10.4 Å². The summed E-state index contributed by atoms with van der Waals surface area (Å²) in [6.45, 7) is 0.275. The molecule has 0 radical (unpaired) electrons. The second-order valence-electron chi connectivity index (χ2n) is 6.63. The number of carbonyl (C=O) groups excluding carboxylic acids is 2. The maximum Gasteiger partial charge on any atom is 0.268 e. The van der Waals surface area contributed by atoms with Crippen LogP contribution in [0.1, 0.15) is 27.2 Å². The lowest BCUT2D eigenvalue weighted by atomic mass is 9.91. The smallest absolute Gasteiger partial charge is 0.268 e. The number of anilines is 1. The third kappa shape index (κ3) is 3.51. The Labute approximate surface area is 162 Å². The number of nitrogens with two attached hydrogens (primary N) is 1. The zero-order valence-electron chi connectivity index (χ0n) is 14.9. The lowest BCUT2D eigenvalue weighted by molar-refractivity contribution is -0.117. The van der Waals surface area contributed by atoms with Crippen molar-refractivity contribution < 1.29 is 9.59 Å². The van der Waals surface area contributed by atoms with Gasteiger partial charge in [0.2, 0.25) is 5.91 Å². The number of fused-ring (bicyclic) bond motifs is 3. The number of benzene rings is 2. The van der Waals surface area contributed by atoms with Crippen LogP contribution in [0.2, 0.25) is 0 Å². The summed E-state index contributed by atoms with van der Waals surface area (Å²) < 4.78 is 0. The predicted octanol–water partition coefficient (Wildman–Crippen LogP) is 4.04. The first-order valence-corrected chi connectivity index (χ1v) is 9.81. The van der Waals surface area contributed by atoms with Gasteiger partial charge in [0.25, 0.3) is 5.91 Å². The molecule has 136 valence electrons. The van der Waals surface area contributed by atoms with E-state index >= 15 is 0 Å². The van der Waals surface area contributed by atoms with Gasteiger partial charge in [0, 0.05) is 23.5 Å². The fraction of sp³-hybridized carbons (Fsp3) is 0.182. The summed E-state index contributed by atoms with van der Waals surface area (Å²) in [4.78, 5) is 28.1. The molecule has 0 unspecified atom stereocenters. The van der Waals surface area contributed by atoms with Crippen LogP contribution < -0.4 is 10.6 Å². The summed E-state index contributed by atoms with van der Waals surface area (Å²) in [6, 6.07) is 19.8. The van der Waals surface area contributed by atoms with Crippen molar-refractivity contribution in [2.45, 2.75) is 19.3 Å². The molecule has 0 aliphatic heterocycles. The zero-order valence-corrected chi connectivity index (χ0v) is 15.7.